The van der Waals surface area contributed by atoms with Gasteiger partial charge in [-0.2, -0.15) is 0 Å². The second-order valence-electron chi connectivity index (χ2n) is 5.79. The average molecular weight is 282 g/mol. The molecule has 1 aliphatic carbocycles. The van der Waals surface area contributed by atoms with Crippen molar-refractivity contribution in [3.8, 4) is 0 Å². The zero-order valence-corrected chi connectivity index (χ0v) is 12.3. The second kappa shape index (κ2) is 6.61. The first-order valence-electron chi connectivity index (χ1n) is 7.83. The molecule has 110 valence electrons. The molecule has 0 unspecified atom stereocenters. The van der Waals surface area contributed by atoms with Crippen LogP contribution in [0.2, 0.25) is 0 Å². The predicted molar refractivity (Wildman–Crippen MR) is 84.0 cm³/mol. The number of aromatic nitrogens is 1. The van der Waals surface area contributed by atoms with Crippen LogP contribution in [0, 0.1) is 0 Å². The summed E-state index contributed by atoms with van der Waals surface area (Å²) in [7, 11) is 0. The van der Waals surface area contributed by atoms with Crippen LogP contribution in [0.25, 0.3) is 0 Å². The molecule has 0 radical (unpaired) electrons. The van der Waals surface area contributed by atoms with Gasteiger partial charge in [-0.05, 0) is 30.5 Å². The minimum absolute atomic E-state index is 0.121. The van der Waals surface area contributed by atoms with Crippen LogP contribution in [0.3, 0.4) is 0 Å². The number of rotatable bonds is 4. The number of carbonyl (C=O) groups is 1. The molecule has 1 fully saturated rings. The van der Waals surface area contributed by atoms with Gasteiger partial charge in [-0.1, -0.05) is 49.6 Å². The van der Waals surface area contributed by atoms with Crippen molar-refractivity contribution in [3.05, 3.63) is 59.9 Å². The van der Waals surface area contributed by atoms with E-state index in [1.807, 2.05) is 36.5 Å². The topological polar surface area (TPSA) is 36.1 Å². The molecule has 1 aromatic heterocycles. The number of aromatic amines is 1. The highest BCUT2D eigenvalue weighted by molar-refractivity contribution is 5.92. The minimum atomic E-state index is 0.121. The van der Waals surface area contributed by atoms with E-state index in [0.29, 0.717) is 18.3 Å². The monoisotopic (exact) mass is 282 g/mol. The number of H-pyrrole nitrogens is 1. The summed E-state index contributed by atoms with van der Waals surface area (Å²) in [5.41, 5.74) is 1.89. The average Bonchev–Trinajstić information content (AvgIpc) is 3.08. The highest BCUT2D eigenvalue weighted by Gasteiger charge is 2.26. The van der Waals surface area contributed by atoms with Crippen molar-refractivity contribution < 1.29 is 4.79 Å². The Morgan fingerprint density at radius 3 is 2.48 bits per heavy atom. The van der Waals surface area contributed by atoms with Gasteiger partial charge in [0.1, 0.15) is 5.69 Å². The highest BCUT2D eigenvalue weighted by atomic mass is 16.2. The number of nitrogens with zero attached hydrogens (tertiary/aromatic N) is 1. The van der Waals surface area contributed by atoms with Crippen molar-refractivity contribution in [1.29, 1.82) is 0 Å². The third-order valence-corrected chi connectivity index (χ3v) is 4.30. The van der Waals surface area contributed by atoms with Crippen LogP contribution < -0.4 is 0 Å². The first kappa shape index (κ1) is 13.9. The Kier molecular flexibility index (Phi) is 4.39. The molecule has 0 bridgehead atoms. The van der Waals surface area contributed by atoms with Crippen molar-refractivity contribution in [2.75, 3.05) is 0 Å². The van der Waals surface area contributed by atoms with E-state index in [4.69, 9.17) is 0 Å². The van der Waals surface area contributed by atoms with E-state index in [0.717, 1.165) is 12.8 Å². The van der Waals surface area contributed by atoms with E-state index in [1.54, 1.807) is 0 Å². The largest absolute Gasteiger partial charge is 0.357 e. The fourth-order valence-electron chi connectivity index (χ4n) is 3.16. The Balaban J connectivity index is 1.81. The second-order valence-corrected chi connectivity index (χ2v) is 5.79. The summed E-state index contributed by atoms with van der Waals surface area (Å²) in [6.45, 7) is 0.698. The standard InChI is InChI=1S/C18H22N2O/c21-18(17-12-7-13-19-17)20(16-10-5-2-6-11-16)14-15-8-3-1-4-9-15/h1,3-4,7-9,12-13,16,19H,2,5-6,10-11,14H2. The van der Waals surface area contributed by atoms with Crippen LogP contribution >= 0.6 is 0 Å². The molecule has 0 saturated heterocycles. The fraction of sp³-hybridized carbons (Fsp3) is 0.389. The molecule has 1 aliphatic rings. The Labute approximate surface area is 126 Å². The number of carbonyl (C=O) groups excluding carboxylic acids is 1. The van der Waals surface area contributed by atoms with Crippen LogP contribution in [0.4, 0.5) is 0 Å². The Morgan fingerprint density at radius 2 is 1.81 bits per heavy atom. The van der Waals surface area contributed by atoms with Crippen LogP contribution in [-0.2, 0) is 6.54 Å². The van der Waals surface area contributed by atoms with Gasteiger partial charge in [0.25, 0.3) is 5.91 Å². The van der Waals surface area contributed by atoms with Crippen molar-refractivity contribution >= 4 is 5.91 Å². The lowest BCUT2D eigenvalue weighted by Crippen LogP contribution is -2.41. The fourth-order valence-corrected chi connectivity index (χ4v) is 3.16. The van der Waals surface area contributed by atoms with Gasteiger partial charge in [-0.25, -0.2) is 0 Å². The lowest BCUT2D eigenvalue weighted by molar-refractivity contribution is 0.0609. The molecule has 1 saturated carbocycles. The Morgan fingerprint density at radius 1 is 1.05 bits per heavy atom. The third kappa shape index (κ3) is 3.35. The number of hydrogen-bond acceptors (Lipinski definition) is 1. The third-order valence-electron chi connectivity index (χ3n) is 4.30. The molecule has 1 aromatic carbocycles. The van der Waals surface area contributed by atoms with E-state index in [2.05, 4.69) is 22.0 Å². The maximum Gasteiger partial charge on any atom is 0.270 e. The van der Waals surface area contributed by atoms with Gasteiger partial charge in [0, 0.05) is 18.8 Å². The maximum atomic E-state index is 12.8. The molecule has 1 amide bonds. The van der Waals surface area contributed by atoms with Gasteiger partial charge in [0.05, 0.1) is 0 Å². The molecule has 1 heterocycles. The van der Waals surface area contributed by atoms with E-state index >= 15 is 0 Å². The summed E-state index contributed by atoms with van der Waals surface area (Å²) in [6.07, 6.45) is 7.82. The minimum Gasteiger partial charge on any atom is -0.357 e. The Bertz CT molecular complexity index is 556. The molecule has 21 heavy (non-hydrogen) atoms. The quantitative estimate of drug-likeness (QED) is 0.904. The van der Waals surface area contributed by atoms with Gasteiger partial charge in [0.2, 0.25) is 0 Å². The maximum absolute atomic E-state index is 12.8. The molecule has 0 atom stereocenters. The summed E-state index contributed by atoms with van der Waals surface area (Å²) in [5.74, 6) is 0.121. The van der Waals surface area contributed by atoms with Crippen LogP contribution in [0.5, 0.6) is 0 Å². The number of benzene rings is 1. The summed E-state index contributed by atoms with van der Waals surface area (Å²) in [5, 5.41) is 0. The summed E-state index contributed by atoms with van der Waals surface area (Å²) >= 11 is 0. The van der Waals surface area contributed by atoms with Gasteiger partial charge >= 0.3 is 0 Å². The number of amides is 1. The molecule has 1 N–H and O–H groups in total. The number of nitrogens with one attached hydrogen (secondary N) is 1. The van der Waals surface area contributed by atoms with Crippen LogP contribution in [0.1, 0.15) is 48.2 Å². The van der Waals surface area contributed by atoms with Crippen molar-refractivity contribution in [1.82, 2.24) is 9.88 Å². The van der Waals surface area contributed by atoms with Crippen LogP contribution in [-0.4, -0.2) is 21.8 Å². The van der Waals surface area contributed by atoms with E-state index < -0.39 is 0 Å². The normalized spacial score (nSPS) is 15.8. The first-order chi connectivity index (χ1) is 10.3. The lowest BCUT2D eigenvalue weighted by atomic mass is 9.93. The van der Waals surface area contributed by atoms with E-state index in [9.17, 15) is 4.79 Å². The summed E-state index contributed by atoms with van der Waals surface area (Å²) in [4.78, 5) is 17.9. The van der Waals surface area contributed by atoms with Crippen molar-refractivity contribution in [3.63, 3.8) is 0 Å². The van der Waals surface area contributed by atoms with Gasteiger partial charge < -0.3 is 9.88 Å². The van der Waals surface area contributed by atoms with Gasteiger partial charge in [0.15, 0.2) is 0 Å². The van der Waals surface area contributed by atoms with Gasteiger partial charge in [-0.3, -0.25) is 4.79 Å². The van der Waals surface area contributed by atoms with Gasteiger partial charge in [-0.15, -0.1) is 0 Å². The van der Waals surface area contributed by atoms with E-state index in [1.165, 1.54) is 24.8 Å². The molecule has 0 spiro atoms. The molecule has 3 heteroatoms. The smallest absolute Gasteiger partial charge is 0.270 e. The van der Waals surface area contributed by atoms with Crippen LogP contribution in [0.15, 0.2) is 48.7 Å². The first-order valence-corrected chi connectivity index (χ1v) is 7.83. The molecule has 0 aliphatic heterocycles. The zero-order chi connectivity index (χ0) is 14.5. The summed E-state index contributed by atoms with van der Waals surface area (Å²) in [6, 6.07) is 14.4. The van der Waals surface area contributed by atoms with Crippen molar-refractivity contribution in [2.45, 2.75) is 44.7 Å². The molecule has 3 nitrogen and oxygen atoms in total. The molecular formula is C18H22N2O. The number of hydrogen-bond donors (Lipinski definition) is 1. The predicted octanol–water partition coefficient (Wildman–Crippen LogP) is 3.99. The molecule has 2 aromatic rings. The Hall–Kier alpha value is -2.03. The summed E-state index contributed by atoms with van der Waals surface area (Å²) < 4.78 is 0. The highest BCUT2D eigenvalue weighted by Crippen LogP contribution is 2.25. The molecule has 3 rings (SSSR count). The van der Waals surface area contributed by atoms with E-state index in [-0.39, 0.29) is 5.91 Å². The SMILES string of the molecule is O=C(c1ccc[nH]1)N(Cc1ccccc1)C1CCCCC1. The zero-order valence-electron chi connectivity index (χ0n) is 12.3. The van der Waals surface area contributed by atoms with Crippen molar-refractivity contribution in [2.24, 2.45) is 0 Å². The molecular weight excluding hydrogens is 260 g/mol. The lowest BCUT2D eigenvalue weighted by Gasteiger charge is -2.34.